The van der Waals surface area contributed by atoms with Gasteiger partial charge in [0.15, 0.2) is 17.2 Å². The summed E-state index contributed by atoms with van der Waals surface area (Å²) in [5.74, 6) is -1.81. The summed E-state index contributed by atoms with van der Waals surface area (Å²) in [7, 11) is -3.62. The lowest BCUT2D eigenvalue weighted by Gasteiger charge is -2.15. The van der Waals surface area contributed by atoms with Gasteiger partial charge in [-0.3, -0.25) is 4.79 Å². The minimum atomic E-state index is -5.94. The maximum absolute atomic E-state index is 12.6. The van der Waals surface area contributed by atoms with Gasteiger partial charge in [-0.15, -0.1) is 0 Å². The van der Waals surface area contributed by atoms with Gasteiger partial charge in [0.25, 0.3) is 0 Å². The molecule has 13 heteroatoms. The van der Waals surface area contributed by atoms with Gasteiger partial charge in [0, 0.05) is 6.07 Å². The van der Waals surface area contributed by atoms with E-state index < -0.39 is 27.3 Å². The topological polar surface area (TPSA) is 88.1 Å². The number of benzene rings is 2. The van der Waals surface area contributed by atoms with E-state index in [4.69, 9.17) is 32.7 Å². The number of hydrogen-bond donors (Lipinski definition) is 0. The first-order valence-corrected chi connectivity index (χ1v) is 9.95. The van der Waals surface area contributed by atoms with Crippen LogP contribution in [0.1, 0.15) is 5.56 Å². The fraction of sp³-hybridized carbons (Fsp3) is 0.235. The third-order valence-electron chi connectivity index (χ3n) is 3.47. The molecule has 2 aromatic carbocycles. The zero-order valence-corrected chi connectivity index (χ0v) is 17.6. The highest BCUT2D eigenvalue weighted by Crippen LogP contribution is 2.41. The monoisotopic (exact) mass is 488 g/mol. The number of alkyl halides is 3. The summed E-state index contributed by atoms with van der Waals surface area (Å²) in [5.41, 5.74) is -5.21. The Bertz CT molecular complexity index is 1030. The van der Waals surface area contributed by atoms with Crippen molar-refractivity contribution >= 4 is 39.3 Å². The molecule has 0 atom stereocenters. The number of esters is 1. The van der Waals surface area contributed by atoms with E-state index >= 15 is 0 Å². The SMILES string of the molecule is COC(=O)Cc1cc(Cl)c(Oc2ccc(OC)c(OS(=O)(=O)C(F)(F)F)c2)c(Cl)c1. The lowest BCUT2D eigenvalue weighted by molar-refractivity contribution is -0.139. The van der Waals surface area contributed by atoms with Crippen LogP contribution in [0.3, 0.4) is 0 Å². The molecule has 0 fully saturated rings. The van der Waals surface area contributed by atoms with Crippen LogP contribution in [0.15, 0.2) is 30.3 Å². The Labute approximate surface area is 179 Å². The molecule has 0 amide bonds. The maximum Gasteiger partial charge on any atom is 0.534 e. The standard InChI is InChI=1S/C17H13Cl2F3O7S/c1-26-13-4-3-10(8-14(13)29-30(24,25)17(20,21)22)28-16-11(18)5-9(6-12(16)19)7-15(23)27-2/h3-6,8H,7H2,1-2H3. The first-order valence-electron chi connectivity index (χ1n) is 7.79. The van der Waals surface area contributed by atoms with Crippen LogP contribution in [0, 0.1) is 0 Å². The predicted molar refractivity (Wildman–Crippen MR) is 101 cm³/mol. The summed E-state index contributed by atoms with van der Waals surface area (Å²) in [5, 5.41) is -0.0230. The van der Waals surface area contributed by atoms with Crippen LogP contribution < -0.4 is 13.7 Å². The van der Waals surface area contributed by atoms with Gasteiger partial charge in [0.2, 0.25) is 0 Å². The predicted octanol–water partition coefficient (Wildman–Crippen LogP) is 4.74. The molecule has 7 nitrogen and oxygen atoms in total. The van der Waals surface area contributed by atoms with Crippen molar-refractivity contribution in [3.63, 3.8) is 0 Å². The highest BCUT2D eigenvalue weighted by molar-refractivity contribution is 7.88. The van der Waals surface area contributed by atoms with Gasteiger partial charge in [-0.25, -0.2) is 0 Å². The Morgan fingerprint density at radius 3 is 2.13 bits per heavy atom. The van der Waals surface area contributed by atoms with E-state index in [0.717, 1.165) is 19.2 Å². The first kappa shape index (κ1) is 23.9. The molecule has 0 aromatic heterocycles. The van der Waals surface area contributed by atoms with E-state index in [-0.39, 0.29) is 33.7 Å². The zero-order chi connectivity index (χ0) is 22.7. The summed E-state index contributed by atoms with van der Waals surface area (Å²) < 4.78 is 79.4. The Morgan fingerprint density at radius 2 is 1.63 bits per heavy atom. The van der Waals surface area contributed by atoms with E-state index in [1.807, 2.05) is 0 Å². The minimum Gasteiger partial charge on any atom is -0.493 e. The van der Waals surface area contributed by atoms with Gasteiger partial charge >= 0.3 is 21.6 Å². The second kappa shape index (κ2) is 9.19. The van der Waals surface area contributed by atoms with Crippen LogP contribution in [-0.4, -0.2) is 34.1 Å². The Morgan fingerprint density at radius 1 is 1.03 bits per heavy atom. The molecule has 0 saturated carbocycles. The maximum atomic E-state index is 12.6. The second-order valence-corrected chi connectivity index (χ2v) is 7.89. The van der Waals surface area contributed by atoms with Crippen LogP contribution in [0.25, 0.3) is 0 Å². The number of carbonyl (C=O) groups is 1. The molecule has 0 heterocycles. The molecule has 0 spiro atoms. The lowest BCUT2D eigenvalue weighted by atomic mass is 10.1. The molecule has 2 aromatic rings. The highest BCUT2D eigenvalue weighted by Gasteiger charge is 2.49. The van der Waals surface area contributed by atoms with E-state index in [1.165, 1.54) is 25.3 Å². The van der Waals surface area contributed by atoms with E-state index in [9.17, 15) is 26.4 Å². The number of ether oxygens (including phenoxy) is 3. The smallest absolute Gasteiger partial charge is 0.493 e. The van der Waals surface area contributed by atoms with Crippen LogP contribution in [0.5, 0.6) is 23.0 Å². The minimum absolute atomic E-state index is 0.0115. The van der Waals surface area contributed by atoms with Gasteiger partial charge in [-0.05, 0) is 29.8 Å². The largest absolute Gasteiger partial charge is 0.534 e. The molecular formula is C17H13Cl2F3O7S. The van der Waals surface area contributed by atoms with E-state index in [2.05, 4.69) is 8.92 Å². The van der Waals surface area contributed by atoms with Gasteiger partial charge in [0.05, 0.1) is 30.7 Å². The van der Waals surface area contributed by atoms with Crippen molar-refractivity contribution in [2.45, 2.75) is 11.9 Å². The molecule has 0 N–H and O–H groups in total. The number of rotatable bonds is 7. The fourth-order valence-corrected chi connectivity index (χ4v) is 3.19. The second-order valence-electron chi connectivity index (χ2n) is 5.54. The molecule has 0 aliphatic rings. The number of halogens is 5. The van der Waals surface area contributed by atoms with Crippen molar-refractivity contribution in [1.29, 1.82) is 0 Å². The molecule has 0 bridgehead atoms. The molecule has 30 heavy (non-hydrogen) atoms. The van der Waals surface area contributed by atoms with Crippen molar-refractivity contribution in [1.82, 2.24) is 0 Å². The third kappa shape index (κ3) is 5.61. The van der Waals surface area contributed by atoms with Gasteiger partial charge in [-0.1, -0.05) is 23.2 Å². The fourth-order valence-electron chi connectivity index (χ4n) is 2.12. The normalized spacial score (nSPS) is 11.7. The zero-order valence-electron chi connectivity index (χ0n) is 15.2. The average molecular weight is 489 g/mol. The van der Waals surface area contributed by atoms with Crippen molar-refractivity contribution in [3.05, 3.63) is 45.9 Å². The summed E-state index contributed by atoms with van der Waals surface area (Å²) >= 11 is 12.2. The summed E-state index contributed by atoms with van der Waals surface area (Å²) in [4.78, 5) is 11.4. The molecular weight excluding hydrogens is 476 g/mol. The number of methoxy groups -OCH3 is 2. The Kier molecular flexibility index (Phi) is 7.32. The highest BCUT2D eigenvalue weighted by atomic mass is 35.5. The van der Waals surface area contributed by atoms with Gasteiger partial charge in [0.1, 0.15) is 5.75 Å². The molecule has 0 radical (unpaired) electrons. The molecule has 0 aliphatic heterocycles. The number of hydrogen-bond acceptors (Lipinski definition) is 7. The van der Waals surface area contributed by atoms with Crippen LogP contribution in [0.4, 0.5) is 13.2 Å². The first-order chi connectivity index (χ1) is 13.9. The molecule has 2 rings (SSSR count). The quantitative estimate of drug-likeness (QED) is 0.316. The molecule has 164 valence electrons. The van der Waals surface area contributed by atoms with Crippen molar-refractivity contribution in [2.75, 3.05) is 14.2 Å². The molecule has 0 aliphatic carbocycles. The van der Waals surface area contributed by atoms with E-state index in [1.54, 1.807) is 0 Å². The van der Waals surface area contributed by atoms with Crippen LogP contribution >= 0.6 is 23.2 Å². The van der Waals surface area contributed by atoms with Crippen molar-refractivity contribution in [3.8, 4) is 23.0 Å². The van der Waals surface area contributed by atoms with Gasteiger partial charge in [-0.2, -0.15) is 21.6 Å². The lowest BCUT2D eigenvalue weighted by Crippen LogP contribution is -2.28. The Balaban J connectivity index is 2.37. The third-order valence-corrected chi connectivity index (χ3v) is 5.00. The van der Waals surface area contributed by atoms with Crippen LogP contribution in [-0.2, 0) is 26.1 Å². The number of carbonyl (C=O) groups excluding carboxylic acids is 1. The van der Waals surface area contributed by atoms with Gasteiger partial charge < -0.3 is 18.4 Å². The Hall–Kier alpha value is -2.37. The van der Waals surface area contributed by atoms with Crippen LogP contribution in [0.2, 0.25) is 10.0 Å². The van der Waals surface area contributed by atoms with E-state index in [0.29, 0.717) is 5.56 Å². The molecule has 0 saturated heterocycles. The average Bonchev–Trinajstić information content (AvgIpc) is 2.63. The van der Waals surface area contributed by atoms with Crippen molar-refractivity contribution < 1.29 is 44.8 Å². The summed E-state index contributed by atoms with van der Waals surface area (Å²) in [6.45, 7) is 0. The van der Waals surface area contributed by atoms with Crippen molar-refractivity contribution in [2.24, 2.45) is 0 Å². The summed E-state index contributed by atoms with van der Waals surface area (Å²) in [6.07, 6.45) is -0.105. The molecule has 0 unspecified atom stereocenters. The summed E-state index contributed by atoms with van der Waals surface area (Å²) in [6, 6.07) is 6.02.